The maximum absolute atomic E-state index is 13.0. The van der Waals surface area contributed by atoms with Crippen molar-refractivity contribution < 1.29 is 22.4 Å². The van der Waals surface area contributed by atoms with E-state index in [0.717, 1.165) is 6.07 Å². The van der Waals surface area contributed by atoms with E-state index in [-0.39, 0.29) is 17.2 Å². The normalized spacial score (nSPS) is 11.4. The number of nitrogens with zero attached hydrogens (tertiary/aromatic N) is 4. The minimum atomic E-state index is -4.58. The molecule has 0 bridgehead atoms. The Labute approximate surface area is 150 Å². The summed E-state index contributed by atoms with van der Waals surface area (Å²) in [5.41, 5.74) is 4.97. The summed E-state index contributed by atoms with van der Waals surface area (Å²) in [4.78, 5) is 27.9. The van der Waals surface area contributed by atoms with Crippen LogP contribution in [0, 0.1) is 6.92 Å². The van der Waals surface area contributed by atoms with Crippen LogP contribution in [-0.4, -0.2) is 25.8 Å². The van der Waals surface area contributed by atoms with Crippen LogP contribution < -0.4 is 11.1 Å². The molecule has 140 valence electrons. The zero-order valence-corrected chi connectivity index (χ0v) is 13.9. The molecule has 0 saturated heterocycles. The standard InChI is InChI=1S/C16H13F3N6O2/c1-8-12(11-6-21-7-27-11)25-14(20)13(24-8)15(26)23-5-10-9(16(17,18)19)3-2-4-22-10/h2-4,6-7H,5H2,1H3,(H2,20,25)(H,23,26). The number of amides is 1. The Morgan fingerprint density at radius 3 is 2.78 bits per heavy atom. The first kappa shape index (κ1) is 18.3. The Morgan fingerprint density at radius 1 is 1.33 bits per heavy atom. The lowest BCUT2D eigenvalue weighted by Gasteiger charge is -2.13. The number of nitrogens with one attached hydrogen (secondary N) is 1. The largest absolute Gasteiger partial charge is 0.442 e. The molecule has 3 heterocycles. The van der Waals surface area contributed by atoms with E-state index in [1.165, 1.54) is 24.9 Å². The monoisotopic (exact) mass is 378 g/mol. The van der Waals surface area contributed by atoms with Crippen LogP contribution in [0.3, 0.4) is 0 Å². The smallest absolute Gasteiger partial charge is 0.418 e. The third-order valence-corrected chi connectivity index (χ3v) is 3.59. The lowest BCUT2D eigenvalue weighted by atomic mass is 10.2. The van der Waals surface area contributed by atoms with Crippen molar-refractivity contribution in [2.24, 2.45) is 0 Å². The predicted octanol–water partition coefficient (Wildman–Crippen LogP) is 2.37. The summed E-state index contributed by atoms with van der Waals surface area (Å²) in [5.74, 6) is -0.644. The maximum Gasteiger partial charge on any atom is 0.418 e. The summed E-state index contributed by atoms with van der Waals surface area (Å²) in [7, 11) is 0. The number of nitrogens with two attached hydrogens (primary N) is 1. The Hall–Kier alpha value is -3.50. The van der Waals surface area contributed by atoms with E-state index in [1.807, 2.05) is 0 Å². The molecule has 0 atom stereocenters. The number of carbonyl (C=O) groups is 1. The molecule has 3 rings (SSSR count). The second-order valence-corrected chi connectivity index (χ2v) is 5.44. The van der Waals surface area contributed by atoms with Crippen molar-refractivity contribution in [3.63, 3.8) is 0 Å². The second kappa shape index (κ2) is 7.02. The zero-order valence-electron chi connectivity index (χ0n) is 13.9. The fourth-order valence-corrected chi connectivity index (χ4v) is 2.35. The number of anilines is 1. The van der Waals surface area contributed by atoms with Crippen LogP contribution in [0.1, 0.15) is 27.4 Å². The Kier molecular flexibility index (Phi) is 4.75. The van der Waals surface area contributed by atoms with Crippen LogP contribution in [-0.2, 0) is 12.7 Å². The average molecular weight is 378 g/mol. The molecule has 0 spiro atoms. The Bertz CT molecular complexity index is 973. The molecule has 0 radical (unpaired) electrons. The van der Waals surface area contributed by atoms with Crippen molar-refractivity contribution in [2.45, 2.75) is 19.6 Å². The topological polar surface area (TPSA) is 120 Å². The van der Waals surface area contributed by atoms with Crippen LogP contribution in [0.25, 0.3) is 11.5 Å². The number of rotatable bonds is 4. The number of hydrogen-bond acceptors (Lipinski definition) is 7. The molecule has 0 aliphatic rings. The van der Waals surface area contributed by atoms with Gasteiger partial charge < -0.3 is 15.5 Å². The SMILES string of the molecule is Cc1nc(C(=O)NCc2ncccc2C(F)(F)F)c(N)nc1-c1cnco1. The summed E-state index contributed by atoms with van der Waals surface area (Å²) in [5, 5.41) is 2.33. The molecule has 27 heavy (non-hydrogen) atoms. The zero-order chi connectivity index (χ0) is 19.6. The van der Waals surface area contributed by atoms with Gasteiger partial charge in [0.05, 0.1) is 29.7 Å². The minimum absolute atomic E-state index is 0.193. The average Bonchev–Trinajstić information content (AvgIpc) is 3.15. The van der Waals surface area contributed by atoms with E-state index in [4.69, 9.17) is 10.2 Å². The molecule has 0 saturated carbocycles. The molecule has 0 aromatic carbocycles. The number of carbonyl (C=O) groups excluding carboxylic acids is 1. The maximum atomic E-state index is 13.0. The van der Waals surface area contributed by atoms with Gasteiger partial charge in [0.2, 0.25) is 0 Å². The lowest BCUT2D eigenvalue weighted by Crippen LogP contribution is -2.27. The van der Waals surface area contributed by atoms with Gasteiger partial charge in [-0.1, -0.05) is 0 Å². The van der Waals surface area contributed by atoms with Gasteiger partial charge in [0.1, 0.15) is 5.69 Å². The minimum Gasteiger partial charge on any atom is -0.442 e. The van der Waals surface area contributed by atoms with E-state index < -0.39 is 24.2 Å². The van der Waals surface area contributed by atoms with Crippen molar-refractivity contribution in [1.29, 1.82) is 0 Å². The van der Waals surface area contributed by atoms with E-state index >= 15 is 0 Å². The molecule has 8 nitrogen and oxygen atoms in total. The summed E-state index contributed by atoms with van der Waals surface area (Å²) in [6.07, 6.45) is -0.752. The lowest BCUT2D eigenvalue weighted by molar-refractivity contribution is -0.138. The molecule has 0 aliphatic carbocycles. The van der Waals surface area contributed by atoms with Crippen molar-refractivity contribution in [1.82, 2.24) is 25.3 Å². The number of nitrogen functional groups attached to an aromatic ring is 1. The van der Waals surface area contributed by atoms with Gasteiger partial charge in [-0.15, -0.1) is 0 Å². The van der Waals surface area contributed by atoms with Crippen molar-refractivity contribution >= 4 is 11.7 Å². The van der Waals surface area contributed by atoms with Crippen molar-refractivity contribution in [3.8, 4) is 11.5 Å². The fourth-order valence-electron chi connectivity index (χ4n) is 2.35. The van der Waals surface area contributed by atoms with Gasteiger partial charge in [0.25, 0.3) is 5.91 Å². The molecule has 1 amide bonds. The van der Waals surface area contributed by atoms with E-state index in [9.17, 15) is 18.0 Å². The van der Waals surface area contributed by atoms with Crippen molar-refractivity contribution in [3.05, 3.63) is 53.6 Å². The highest BCUT2D eigenvalue weighted by atomic mass is 19.4. The first-order valence-electron chi connectivity index (χ1n) is 7.59. The molecule has 3 N–H and O–H groups in total. The van der Waals surface area contributed by atoms with Crippen LogP contribution in [0.15, 0.2) is 35.3 Å². The first-order chi connectivity index (χ1) is 12.8. The second-order valence-electron chi connectivity index (χ2n) is 5.44. The third-order valence-electron chi connectivity index (χ3n) is 3.59. The Balaban J connectivity index is 1.81. The summed E-state index contributed by atoms with van der Waals surface area (Å²) >= 11 is 0. The molecular formula is C16H13F3N6O2. The van der Waals surface area contributed by atoms with Crippen LogP contribution in [0.2, 0.25) is 0 Å². The molecule has 3 aromatic heterocycles. The number of halogens is 3. The Morgan fingerprint density at radius 2 is 2.11 bits per heavy atom. The molecule has 3 aromatic rings. The summed E-state index contributed by atoms with van der Waals surface area (Å²) < 4.78 is 44.1. The van der Waals surface area contributed by atoms with E-state index in [2.05, 4.69) is 25.3 Å². The van der Waals surface area contributed by atoms with Gasteiger partial charge in [-0.25, -0.2) is 15.0 Å². The molecule has 0 fully saturated rings. The molecular weight excluding hydrogens is 365 g/mol. The number of alkyl halides is 3. The van der Waals surface area contributed by atoms with Crippen LogP contribution in [0.5, 0.6) is 0 Å². The van der Waals surface area contributed by atoms with Gasteiger partial charge in [0.15, 0.2) is 23.7 Å². The van der Waals surface area contributed by atoms with Gasteiger partial charge in [-0.05, 0) is 19.1 Å². The van der Waals surface area contributed by atoms with Crippen molar-refractivity contribution in [2.75, 3.05) is 5.73 Å². The number of aromatic nitrogens is 4. The van der Waals surface area contributed by atoms with E-state index in [0.29, 0.717) is 17.1 Å². The van der Waals surface area contributed by atoms with E-state index in [1.54, 1.807) is 6.92 Å². The highest BCUT2D eigenvalue weighted by Gasteiger charge is 2.33. The summed E-state index contributed by atoms with van der Waals surface area (Å²) in [6, 6.07) is 2.06. The van der Waals surface area contributed by atoms with Gasteiger partial charge in [0, 0.05) is 6.20 Å². The molecule has 0 aliphatic heterocycles. The highest BCUT2D eigenvalue weighted by Crippen LogP contribution is 2.31. The van der Waals surface area contributed by atoms with Gasteiger partial charge in [-0.2, -0.15) is 13.2 Å². The fraction of sp³-hybridized carbons (Fsp3) is 0.188. The number of hydrogen-bond donors (Lipinski definition) is 2. The number of aryl methyl sites for hydroxylation is 1. The predicted molar refractivity (Wildman–Crippen MR) is 87.1 cm³/mol. The summed E-state index contributed by atoms with van der Waals surface area (Å²) in [6.45, 7) is 1.14. The van der Waals surface area contributed by atoms with Gasteiger partial charge >= 0.3 is 6.18 Å². The first-order valence-corrected chi connectivity index (χ1v) is 7.59. The van der Waals surface area contributed by atoms with Gasteiger partial charge in [-0.3, -0.25) is 9.78 Å². The van der Waals surface area contributed by atoms with Crippen LogP contribution >= 0.6 is 0 Å². The molecule has 11 heteroatoms. The molecule has 0 unspecified atom stereocenters. The third kappa shape index (κ3) is 3.86. The quantitative estimate of drug-likeness (QED) is 0.715. The van der Waals surface area contributed by atoms with Crippen LogP contribution in [0.4, 0.5) is 19.0 Å². The number of pyridine rings is 1. The number of oxazole rings is 1. The highest BCUT2D eigenvalue weighted by molar-refractivity contribution is 5.96.